The first-order valence-corrected chi connectivity index (χ1v) is 6.95. The highest BCUT2D eigenvalue weighted by atomic mass is 19.1. The lowest BCUT2D eigenvalue weighted by molar-refractivity contribution is 0.587. The van der Waals surface area contributed by atoms with Gasteiger partial charge in [-0.05, 0) is 17.7 Å². The summed E-state index contributed by atoms with van der Waals surface area (Å²) in [6, 6.07) is 6.78. The van der Waals surface area contributed by atoms with Crippen LogP contribution in [0.2, 0.25) is 0 Å². The lowest BCUT2D eigenvalue weighted by Gasteiger charge is -2.29. The molecule has 1 N–H and O–H groups in total. The van der Waals surface area contributed by atoms with Gasteiger partial charge < -0.3 is 10.2 Å². The fraction of sp³-hybridized carbons (Fsp3) is 0.400. The van der Waals surface area contributed by atoms with E-state index < -0.39 is 0 Å². The van der Waals surface area contributed by atoms with Gasteiger partial charge in [0.1, 0.15) is 5.82 Å². The predicted molar refractivity (Wildman–Crippen MR) is 77.5 cm³/mol. The normalized spacial score (nSPS) is 15.6. The number of nitrogens with zero attached hydrogens (tertiary/aromatic N) is 3. The van der Waals surface area contributed by atoms with E-state index in [1.807, 2.05) is 24.0 Å². The Morgan fingerprint density at radius 1 is 1.30 bits per heavy atom. The Labute approximate surface area is 118 Å². The monoisotopic (exact) mass is 274 g/mol. The van der Waals surface area contributed by atoms with E-state index >= 15 is 0 Å². The van der Waals surface area contributed by atoms with Crippen LogP contribution in [-0.2, 0) is 13.5 Å². The van der Waals surface area contributed by atoms with Crippen molar-refractivity contribution in [2.75, 3.05) is 31.1 Å². The molecule has 0 radical (unpaired) electrons. The summed E-state index contributed by atoms with van der Waals surface area (Å²) in [4.78, 5) is 2.35. The number of halogens is 1. The van der Waals surface area contributed by atoms with E-state index in [1.54, 1.807) is 12.1 Å². The molecule has 5 heteroatoms. The second-order valence-electron chi connectivity index (χ2n) is 5.14. The van der Waals surface area contributed by atoms with Gasteiger partial charge in [-0.25, -0.2) is 4.39 Å². The largest absolute Gasteiger partial charge is 0.366 e. The molecule has 1 saturated heterocycles. The van der Waals surface area contributed by atoms with Crippen LogP contribution >= 0.6 is 0 Å². The molecule has 0 unspecified atom stereocenters. The number of rotatable bonds is 3. The Morgan fingerprint density at radius 3 is 2.85 bits per heavy atom. The van der Waals surface area contributed by atoms with Gasteiger partial charge in [0.05, 0.1) is 17.6 Å². The van der Waals surface area contributed by atoms with Crippen LogP contribution in [0.4, 0.5) is 10.1 Å². The van der Waals surface area contributed by atoms with Crippen LogP contribution in [0.25, 0.3) is 0 Å². The first kappa shape index (κ1) is 13.1. The van der Waals surface area contributed by atoms with E-state index in [-0.39, 0.29) is 5.82 Å². The van der Waals surface area contributed by atoms with Crippen molar-refractivity contribution in [3.05, 3.63) is 47.5 Å². The van der Waals surface area contributed by atoms with Gasteiger partial charge in [0.2, 0.25) is 0 Å². The molecular formula is C15H19FN4. The first-order chi connectivity index (χ1) is 9.74. The molecule has 0 amide bonds. The maximum absolute atomic E-state index is 13.3. The van der Waals surface area contributed by atoms with Gasteiger partial charge in [-0.1, -0.05) is 12.1 Å². The number of aryl methyl sites for hydroxylation is 1. The van der Waals surface area contributed by atoms with Crippen molar-refractivity contribution in [3.8, 4) is 0 Å². The molecule has 106 valence electrons. The van der Waals surface area contributed by atoms with Crippen LogP contribution in [0.15, 0.2) is 30.5 Å². The van der Waals surface area contributed by atoms with Crippen LogP contribution in [0, 0.1) is 5.82 Å². The molecule has 1 aromatic heterocycles. The standard InChI is InChI=1S/C15H19FN4/c1-19-14(10-12-3-2-4-13(16)9-12)15(11-18-19)20-7-5-17-6-8-20/h2-4,9,11,17H,5-8,10H2,1H3. The third kappa shape index (κ3) is 2.67. The van der Waals surface area contributed by atoms with Crippen molar-refractivity contribution in [3.63, 3.8) is 0 Å². The third-order valence-corrected chi connectivity index (χ3v) is 3.76. The van der Waals surface area contributed by atoms with E-state index in [4.69, 9.17) is 0 Å². The number of hydrogen-bond acceptors (Lipinski definition) is 3. The predicted octanol–water partition coefficient (Wildman–Crippen LogP) is 1.56. The van der Waals surface area contributed by atoms with Gasteiger partial charge in [-0.15, -0.1) is 0 Å². The zero-order valence-electron chi connectivity index (χ0n) is 11.6. The number of benzene rings is 1. The van der Waals surface area contributed by atoms with Gasteiger partial charge in [0.15, 0.2) is 0 Å². The molecule has 0 saturated carbocycles. The van der Waals surface area contributed by atoms with Crippen LogP contribution < -0.4 is 10.2 Å². The summed E-state index contributed by atoms with van der Waals surface area (Å²) in [5.41, 5.74) is 3.28. The summed E-state index contributed by atoms with van der Waals surface area (Å²) in [7, 11) is 1.94. The van der Waals surface area contributed by atoms with Crippen molar-refractivity contribution in [1.29, 1.82) is 0 Å². The van der Waals surface area contributed by atoms with Gasteiger partial charge in [0, 0.05) is 39.6 Å². The van der Waals surface area contributed by atoms with Crippen molar-refractivity contribution in [1.82, 2.24) is 15.1 Å². The molecule has 4 nitrogen and oxygen atoms in total. The average molecular weight is 274 g/mol. The lowest BCUT2D eigenvalue weighted by Crippen LogP contribution is -2.43. The van der Waals surface area contributed by atoms with Crippen LogP contribution in [0.3, 0.4) is 0 Å². The van der Waals surface area contributed by atoms with E-state index in [0.29, 0.717) is 6.42 Å². The van der Waals surface area contributed by atoms with Gasteiger partial charge in [-0.2, -0.15) is 5.10 Å². The average Bonchev–Trinajstić information content (AvgIpc) is 2.81. The summed E-state index contributed by atoms with van der Waals surface area (Å²) < 4.78 is 15.2. The van der Waals surface area contributed by atoms with Crippen LogP contribution in [0.1, 0.15) is 11.3 Å². The van der Waals surface area contributed by atoms with Crippen LogP contribution in [0.5, 0.6) is 0 Å². The van der Waals surface area contributed by atoms with E-state index in [2.05, 4.69) is 15.3 Å². The molecule has 2 heterocycles. The molecule has 0 atom stereocenters. The third-order valence-electron chi connectivity index (χ3n) is 3.76. The lowest BCUT2D eigenvalue weighted by atomic mass is 10.1. The second-order valence-corrected chi connectivity index (χ2v) is 5.14. The molecule has 0 aliphatic carbocycles. The molecule has 1 aromatic carbocycles. The maximum atomic E-state index is 13.3. The van der Waals surface area contributed by atoms with Crippen molar-refractivity contribution in [2.24, 2.45) is 7.05 Å². The molecule has 3 rings (SSSR count). The summed E-state index contributed by atoms with van der Waals surface area (Å²) in [5.74, 6) is -0.187. The Balaban J connectivity index is 1.87. The number of piperazine rings is 1. The fourth-order valence-corrected chi connectivity index (χ4v) is 2.67. The summed E-state index contributed by atoms with van der Waals surface area (Å²) in [5, 5.41) is 7.72. The Kier molecular flexibility index (Phi) is 3.69. The number of hydrogen-bond donors (Lipinski definition) is 1. The van der Waals surface area contributed by atoms with Crippen LogP contribution in [-0.4, -0.2) is 36.0 Å². The minimum atomic E-state index is -0.187. The maximum Gasteiger partial charge on any atom is 0.123 e. The fourth-order valence-electron chi connectivity index (χ4n) is 2.67. The topological polar surface area (TPSA) is 33.1 Å². The highest BCUT2D eigenvalue weighted by molar-refractivity contribution is 5.51. The first-order valence-electron chi connectivity index (χ1n) is 6.95. The smallest absolute Gasteiger partial charge is 0.123 e. The molecule has 20 heavy (non-hydrogen) atoms. The van der Waals surface area contributed by atoms with Crippen molar-refractivity contribution >= 4 is 5.69 Å². The van der Waals surface area contributed by atoms with E-state index in [9.17, 15) is 4.39 Å². The number of nitrogens with one attached hydrogen (secondary N) is 1. The molecule has 0 spiro atoms. The highest BCUT2D eigenvalue weighted by Gasteiger charge is 2.17. The van der Waals surface area contributed by atoms with Gasteiger partial charge in [-0.3, -0.25) is 4.68 Å². The molecule has 1 fully saturated rings. The minimum Gasteiger partial charge on any atom is -0.366 e. The second kappa shape index (κ2) is 5.63. The Hall–Kier alpha value is -1.88. The molecular weight excluding hydrogens is 255 g/mol. The van der Waals surface area contributed by atoms with E-state index in [1.165, 1.54) is 11.8 Å². The SMILES string of the molecule is Cn1ncc(N2CCNCC2)c1Cc1cccc(F)c1. The number of aromatic nitrogens is 2. The Morgan fingerprint density at radius 2 is 2.10 bits per heavy atom. The summed E-state index contributed by atoms with van der Waals surface area (Å²) in [6.45, 7) is 3.96. The van der Waals surface area contributed by atoms with Gasteiger partial charge in [0.25, 0.3) is 0 Å². The zero-order valence-corrected chi connectivity index (χ0v) is 11.6. The molecule has 1 aliphatic rings. The molecule has 0 bridgehead atoms. The Bertz CT molecular complexity index is 587. The molecule has 2 aromatic rings. The van der Waals surface area contributed by atoms with E-state index in [0.717, 1.165) is 37.4 Å². The number of anilines is 1. The highest BCUT2D eigenvalue weighted by Crippen LogP contribution is 2.23. The van der Waals surface area contributed by atoms with Crippen molar-refractivity contribution < 1.29 is 4.39 Å². The molecule has 1 aliphatic heterocycles. The minimum absolute atomic E-state index is 0.187. The summed E-state index contributed by atoms with van der Waals surface area (Å²) >= 11 is 0. The van der Waals surface area contributed by atoms with Crippen molar-refractivity contribution in [2.45, 2.75) is 6.42 Å². The summed E-state index contributed by atoms with van der Waals surface area (Å²) in [6.07, 6.45) is 2.62. The van der Waals surface area contributed by atoms with Gasteiger partial charge >= 0.3 is 0 Å². The zero-order chi connectivity index (χ0) is 13.9. The quantitative estimate of drug-likeness (QED) is 0.922.